The van der Waals surface area contributed by atoms with Gasteiger partial charge in [-0.15, -0.1) is 24.2 Å². The summed E-state index contributed by atoms with van der Waals surface area (Å²) in [6.07, 6.45) is 2.50. The average molecular weight is 310 g/mol. The molecule has 0 bridgehead atoms. The van der Waals surface area contributed by atoms with Crippen molar-refractivity contribution >= 4 is 40.1 Å². The molecular weight excluding hydrogens is 296 g/mol. The summed E-state index contributed by atoms with van der Waals surface area (Å²) in [5.74, 6) is 0. The minimum Gasteiger partial charge on any atom is -0.317 e. The monoisotopic (exact) mass is 308 g/mol. The number of hydrogen-bond acceptors (Lipinski definition) is 3. The summed E-state index contributed by atoms with van der Waals surface area (Å²) in [6.45, 7) is 2.29. The summed E-state index contributed by atoms with van der Waals surface area (Å²) in [5.41, 5.74) is 0. The van der Waals surface area contributed by atoms with E-state index in [1.807, 2.05) is 23.9 Å². The first kappa shape index (κ1) is 13.3. The zero-order valence-corrected chi connectivity index (χ0v) is 11.5. The molecule has 15 heavy (non-hydrogen) atoms. The van der Waals surface area contributed by atoms with Crippen molar-refractivity contribution in [2.45, 2.75) is 23.1 Å². The van der Waals surface area contributed by atoms with Gasteiger partial charge in [0.25, 0.3) is 0 Å². The Morgan fingerprint density at radius 2 is 2.07 bits per heavy atom. The minimum atomic E-state index is 0. The van der Waals surface area contributed by atoms with Gasteiger partial charge in [-0.1, -0.05) is 6.07 Å². The van der Waals surface area contributed by atoms with E-state index in [0.29, 0.717) is 0 Å². The second-order valence-electron chi connectivity index (χ2n) is 3.37. The lowest BCUT2D eigenvalue weighted by molar-refractivity contribution is 0.531. The third-order valence-electron chi connectivity index (χ3n) is 2.26. The largest absolute Gasteiger partial charge is 0.317 e. The van der Waals surface area contributed by atoms with Crippen LogP contribution in [0, 0.1) is 0 Å². The summed E-state index contributed by atoms with van der Waals surface area (Å²) in [4.78, 5) is 4.43. The third kappa shape index (κ3) is 4.31. The zero-order valence-electron chi connectivity index (χ0n) is 8.28. The molecule has 84 valence electrons. The molecular formula is C10H14BrClN2S. The van der Waals surface area contributed by atoms with Crippen LogP contribution in [0.4, 0.5) is 0 Å². The maximum Gasteiger partial charge on any atom is 0.107 e. The maximum absolute atomic E-state index is 4.43. The van der Waals surface area contributed by atoms with Gasteiger partial charge in [0.1, 0.15) is 4.60 Å². The van der Waals surface area contributed by atoms with Crippen LogP contribution in [0.5, 0.6) is 0 Å². The quantitative estimate of drug-likeness (QED) is 0.850. The van der Waals surface area contributed by atoms with Crippen LogP contribution in [0.15, 0.2) is 27.8 Å². The van der Waals surface area contributed by atoms with Crippen LogP contribution >= 0.6 is 40.1 Å². The zero-order chi connectivity index (χ0) is 9.80. The molecule has 0 unspecified atom stereocenters. The molecule has 1 aliphatic heterocycles. The molecule has 1 N–H and O–H groups in total. The van der Waals surface area contributed by atoms with Crippen LogP contribution in [-0.4, -0.2) is 23.3 Å². The second-order valence-corrected chi connectivity index (χ2v) is 5.50. The number of hydrogen-bond donors (Lipinski definition) is 1. The van der Waals surface area contributed by atoms with E-state index in [4.69, 9.17) is 0 Å². The first-order valence-corrected chi connectivity index (χ1v) is 6.52. The van der Waals surface area contributed by atoms with Crippen LogP contribution in [-0.2, 0) is 0 Å². The number of thioether (sulfide) groups is 1. The lowest BCUT2D eigenvalue weighted by Crippen LogP contribution is -2.29. The maximum atomic E-state index is 4.43. The molecule has 1 saturated heterocycles. The summed E-state index contributed by atoms with van der Waals surface area (Å²) >= 11 is 5.29. The molecule has 0 amide bonds. The van der Waals surface area contributed by atoms with E-state index in [1.165, 1.54) is 12.8 Å². The fraction of sp³-hybridized carbons (Fsp3) is 0.500. The van der Waals surface area contributed by atoms with Crippen molar-refractivity contribution in [3.8, 4) is 0 Å². The summed E-state index contributed by atoms with van der Waals surface area (Å²) in [5, 5.41) is 5.23. The lowest BCUT2D eigenvalue weighted by Gasteiger charge is -2.21. The number of aromatic nitrogens is 1. The summed E-state index contributed by atoms with van der Waals surface area (Å²) in [7, 11) is 0. The van der Waals surface area contributed by atoms with Gasteiger partial charge in [-0.05, 0) is 54.0 Å². The molecule has 0 aromatic carbocycles. The van der Waals surface area contributed by atoms with E-state index in [2.05, 4.69) is 32.3 Å². The van der Waals surface area contributed by atoms with Crippen molar-refractivity contribution < 1.29 is 0 Å². The molecule has 1 fully saturated rings. The van der Waals surface area contributed by atoms with Gasteiger partial charge in [0.05, 0.1) is 5.03 Å². The molecule has 0 aliphatic carbocycles. The van der Waals surface area contributed by atoms with Crippen molar-refractivity contribution in [3.05, 3.63) is 22.8 Å². The van der Waals surface area contributed by atoms with Crippen molar-refractivity contribution in [2.24, 2.45) is 0 Å². The molecule has 2 heterocycles. The highest BCUT2D eigenvalue weighted by Crippen LogP contribution is 2.27. The topological polar surface area (TPSA) is 24.9 Å². The Morgan fingerprint density at radius 3 is 2.73 bits per heavy atom. The summed E-state index contributed by atoms with van der Waals surface area (Å²) < 4.78 is 0.927. The van der Waals surface area contributed by atoms with Gasteiger partial charge >= 0.3 is 0 Å². The Hall–Kier alpha value is 0.230. The van der Waals surface area contributed by atoms with E-state index in [-0.39, 0.29) is 12.4 Å². The van der Waals surface area contributed by atoms with Gasteiger partial charge in [0.15, 0.2) is 0 Å². The molecule has 1 aliphatic rings. The molecule has 1 aromatic heterocycles. The van der Waals surface area contributed by atoms with Gasteiger partial charge in [-0.3, -0.25) is 0 Å². The molecule has 0 spiro atoms. The van der Waals surface area contributed by atoms with E-state index in [1.54, 1.807) is 0 Å². The first-order valence-electron chi connectivity index (χ1n) is 4.84. The Labute approximate surface area is 109 Å². The highest BCUT2D eigenvalue weighted by atomic mass is 79.9. The predicted octanol–water partition coefficient (Wildman–Crippen LogP) is 3.11. The van der Waals surface area contributed by atoms with Gasteiger partial charge in [-0.2, -0.15) is 0 Å². The highest BCUT2D eigenvalue weighted by molar-refractivity contribution is 9.10. The molecule has 2 rings (SSSR count). The number of piperidine rings is 1. The highest BCUT2D eigenvalue weighted by Gasteiger charge is 2.14. The molecule has 0 atom stereocenters. The fourth-order valence-electron chi connectivity index (χ4n) is 1.54. The van der Waals surface area contributed by atoms with Crippen LogP contribution < -0.4 is 5.32 Å². The van der Waals surface area contributed by atoms with Crippen LogP contribution in [0.1, 0.15) is 12.8 Å². The summed E-state index contributed by atoms with van der Waals surface area (Å²) in [6, 6.07) is 6.09. The van der Waals surface area contributed by atoms with E-state index >= 15 is 0 Å². The van der Waals surface area contributed by atoms with Crippen molar-refractivity contribution in [2.75, 3.05) is 13.1 Å². The first-order chi connectivity index (χ1) is 6.84. The normalized spacial score (nSPS) is 17.1. The predicted molar refractivity (Wildman–Crippen MR) is 70.9 cm³/mol. The van der Waals surface area contributed by atoms with Gasteiger partial charge < -0.3 is 5.32 Å². The number of pyridine rings is 1. The number of nitrogens with one attached hydrogen (secondary N) is 1. The Bertz CT molecular complexity index is 305. The fourth-order valence-corrected chi connectivity index (χ4v) is 3.12. The van der Waals surface area contributed by atoms with Gasteiger partial charge in [0.2, 0.25) is 0 Å². The average Bonchev–Trinajstić information content (AvgIpc) is 2.19. The van der Waals surface area contributed by atoms with Crippen LogP contribution in [0.3, 0.4) is 0 Å². The molecule has 5 heteroatoms. The Morgan fingerprint density at radius 1 is 1.33 bits per heavy atom. The van der Waals surface area contributed by atoms with Crippen molar-refractivity contribution in [3.63, 3.8) is 0 Å². The number of rotatable bonds is 2. The minimum absolute atomic E-state index is 0. The SMILES string of the molecule is Brc1cccc(SC2CCNCC2)n1.Cl. The number of nitrogens with zero attached hydrogens (tertiary/aromatic N) is 1. The smallest absolute Gasteiger partial charge is 0.107 e. The Balaban J connectivity index is 0.00000112. The molecule has 2 nitrogen and oxygen atoms in total. The van der Waals surface area contributed by atoms with Crippen molar-refractivity contribution in [1.29, 1.82) is 0 Å². The van der Waals surface area contributed by atoms with Crippen molar-refractivity contribution in [1.82, 2.24) is 10.3 Å². The second kappa shape index (κ2) is 6.74. The number of halogens is 2. The van der Waals surface area contributed by atoms with Gasteiger partial charge in [0, 0.05) is 5.25 Å². The van der Waals surface area contributed by atoms with E-state index in [0.717, 1.165) is 28.0 Å². The van der Waals surface area contributed by atoms with Gasteiger partial charge in [-0.25, -0.2) is 4.98 Å². The molecule has 1 aromatic rings. The van der Waals surface area contributed by atoms with Crippen LogP contribution in [0.2, 0.25) is 0 Å². The van der Waals surface area contributed by atoms with Crippen LogP contribution in [0.25, 0.3) is 0 Å². The standard InChI is InChI=1S/C10H13BrN2S.ClH/c11-9-2-1-3-10(13-9)14-8-4-6-12-7-5-8;/h1-3,8,12H,4-7H2;1H. The molecule has 0 radical (unpaired) electrons. The molecule has 0 saturated carbocycles. The van der Waals surface area contributed by atoms with E-state index < -0.39 is 0 Å². The Kier molecular flexibility index (Phi) is 5.97. The van der Waals surface area contributed by atoms with E-state index in [9.17, 15) is 0 Å². The lowest BCUT2D eigenvalue weighted by atomic mass is 10.2. The third-order valence-corrected chi connectivity index (χ3v) is 3.98.